The van der Waals surface area contributed by atoms with Crippen molar-refractivity contribution in [3.8, 4) is 23.0 Å². The van der Waals surface area contributed by atoms with Gasteiger partial charge in [-0.15, -0.1) is 0 Å². The fourth-order valence-corrected chi connectivity index (χ4v) is 14.2. The second-order valence-electron chi connectivity index (χ2n) is 25.3. The van der Waals surface area contributed by atoms with Crippen molar-refractivity contribution >= 4 is 57.5 Å². The van der Waals surface area contributed by atoms with Crippen molar-refractivity contribution < 1.29 is 73.2 Å². The lowest BCUT2D eigenvalue weighted by Gasteiger charge is -2.42. The number of fused-ring (bicyclic) bond motifs is 15. The number of ether oxygens (including phenoxy) is 4. The van der Waals surface area contributed by atoms with E-state index in [-0.39, 0.29) is 73.5 Å². The highest BCUT2D eigenvalue weighted by atomic mass is 19.1. The quantitative estimate of drug-likeness (QED) is 0.0341. The number of aromatic nitrogens is 1. The number of phenols is 3. The number of hydrogen-bond acceptors (Lipinski definition) is 18. The molecule has 468 valence electrons. The average molecular weight is 1210 g/mol. The Kier molecular flexibility index (Phi) is 17.2. The zero-order valence-corrected chi connectivity index (χ0v) is 51.2. The monoisotopic (exact) mass is 1200 g/mol. The second kappa shape index (κ2) is 23.9. The number of aromatic carboxylic acids is 1. The number of allylic oxidation sites excluding steroid dienone is 2. The number of piperidine rings is 1. The van der Waals surface area contributed by atoms with Crippen LogP contribution in [0.25, 0.3) is 16.3 Å². The number of phenolic OH excluding ortho intramolecular Hbond substituents is 3. The van der Waals surface area contributed by atoms with E-state index >= 15 is 4.39 Å². The van der Waals surface area contributed by atoms with Crippen LogP contribution < -0.4 is 20.5 Å². The number of benzene rings is 2. The van der Waals surface area contributed by atoms with Gasteiger partial charge in [-0.05, 0) is 108 Å². The molecule has 7 heterocycles. The molecule has 21 nitrogen and oxygen atoms in total. The third-order valence-corrected chi connectivity index (χ3v) is 19.8. The molecule has 7 aliphatic rings. The molecule has 87 heavy (non-hydrogen) atoms. The summed E-state index contributed by atoms with van der Waals surface area (Å²) in [7, 11) is 3.58. The Bertz CT molecular complexity index is 3640. The number of ketones is 1. The lowest BCUT2D eigenvalue weighted by Crippen LogP contribution is -2.50. The molecule has 2 saturated carbocycles. The Hall–Kier alpha value is -7.53. The summed E-state index contributed by atoms with van der Waals surface area (Å²) in [5.74, 6) is -10.4. The van der Waals surface area contributed by atoms with Gasteiger partial charge in [-0.25, -0.2) is 9.18 Å². The van der Waals surface area contributed by atoms with Crippen LogP contribution in [0.4, 0.5) is 15.8 Å². The van der Waals surface area contributed by atoms with E-state index in [4.69, 9.17) is 24.0 Å². The molecule has 0 unspecified atom stereocenters. The van der Waals surface area contributed by atoms with Crippen LogP contribution in [0.5, 0.6) is 23.0 Å². The van der Waals surface area contributed by atoms with Crippen LogP contribution in [0.2, 0.25) is 0 Å². The summed E-state index contributed by atoms with van der Waals surface area (Å²) in [4.78, 5) is 71.4. The molecular formula is C65H81FN6O15. The number of hydrogen-bond donors (Lipinski definition) is 7. The maximum Gasteiger partial charge on any atom is 0.341 e. The molecule has 2 aliphatic carbocycles. The number of amides is 1. The summed E-state index contributed by atoms with van der Waals surface area (Å²) in [5.41, 5.74) is 0.593. The van der Waals surface area contributed by atoms with Crippen molar-refractivity contribution in [3.05, 3.63) is 98.0 Å². The smallest absolute Gasteiger partial charge is 0.341 e. The number of nitrogens with one attached hydrogen (secondary N) is 1. The molecule has 2 saturated heterocycles. The van der Waals surface area contributed by atoms with Crippen LogP contribution in [0.1, 0.15) is 142 Å². The lowest BCUT2D eigenvalue weighted by molar-refractivity contribution is -0.160. The van der Waals surface area contributed by atoms with E-state index in [1.54, 1.807) is 39.8 Å². The van der Waals surface area contributed by atoms with Gasteiger partial charge in [0.25, 0.3) is 17.2 Å². The predicted molar refractivity (Wildman–Crippen MR) is 323 cm³/mol. The van der Waals surface area contributed by atoms with Gasteiger partial charge in [0.1, 0.15) is 28.9 Å². The van der Waals surface area contributed by atoms with Gasteiger partial charge in [0, 0.05) is 98.9 Å². The number of Topliss-reactive ketones (excluding diaryl/α,β-unsaturated/α-hetero) is 1. The summed E-state index contributed by atoms with van der Waals surface area (Å²) in [6.45, 7) is 16.5. The van der Waals surface area contributed by atoms with Gasteiger partial charge in [-0.2, -0.15) is 5.10 Å². The number of nitrogens with zero attached hydrogens (tertiary/aromatic N) is 5. The number of pyridine rings is 2. The minimum Gasteiger partial charge on any atom is -0.507 e. The minimum atomic E-state index is -2.11. The third kappa shape index (κ3) is 11.2. The van der Waals surface area contributed by atoms with Gasteiger partial charge in [0.2, 0.25) is 0 Å². The molecule has 10 atom stereocenters. The van der Waals surface area contributed by atoms with Crippen LogP contribution >= 0.6 is 0 Å². The number of carbonyl (C=O) groups excluding carboxylic acids is 3. The number of halogens is 1. The van der Waals surface area contributed by atoms with Gasteiger partial charge in [-0.1, -0.05) is 45.9 Å². The largest absolute Gasteiger partial charge is 0.507 e. The van der Waals surface area contributed by atoms with Crippen molar-refractivity contribution in [2.24, 2.45) is 34.7 Å². The number of anilines is 2. The van der Waals surface area contributed by atoms with Crippen LogP contribution in [-0.2, 0) is 23.8 Å². The number of aliphatic hydroxyl groups excluding tert-OH is 2. The van der Waals surface area contributed by atoms with E-state index in [9.17, 15) is 54.6 Å². The maximum atomic E-state index is 16.3. The highest BCUT2D eigenvalue weighted by Gasteiger charge is 2.56. The molecule has 0 spiro atoms. The number of carboxylic acids is 1. The first kappa shape index (κ1) is 62.5. The van der Waals surface area contributed by atoms with Gasteiger partial charge in [0.15, 0.2) is 11.6 Å². The number of aliphatic hydroxyl groups is 2. The molecule has 7 N–H and O–H groups in total. The fraction of sp³-hybridized carbons (Fsp3) is 0.538. The number of hydrazone groups is 1. The first-order valence-electron chi connectivity index (χ1n) is 30.1. The van der Waals surface area contributed by atoms with Crippen LogP contribution in [0.3, 0.4) is 0 Å². The van der Waals surface area contributed by atoms with E-state index in [0.29, 0.717) is 55.8 Å². The van der Waals surface area contributed by atoms with Gasteiger partial charge in [0.05, 0.1) is 70.4 Å². The number of rotatable bonds is 10. The summed E-state index contributed by atoms with van der Waals surface area (Å²) >= 11 is 0. The van der Waals surface area contributed by atoms with Crippen molar-refractivity contribution in [1.82, 2.24) is 14.3 Å². The summed E-state index contributed by atoms with van der Waals surface area (Å²) in [5, 5.41) is 78.5. The van der Waals surface area contributed by atoms with E-state index in [1.807, 2.05) is 11.9 Å². The minimum absolute atomic E-state index is 0.0215. The first-order valence-corrected chi connectivity index (χ1v) is 30.1. The van der Waals surface area contributed by atoms with E-state index in [1.165, 1.54) is 69.9 Å². The van der Waals surface area contributed by atoms with E-state index in [0.717, 1.165) is 43.9 Å². The Morgan fingerprint density at radius 2 is 1.59 bits per heavy atom. The van der Waals surface area contributed by atoms with Crippen molar-refractivity contribution in [3.63, 3.8) is 0 Å². The predicted octanol–water partition coefficient (Wildman–Crippen LogP) is 8.18. The average Bonchev–Trinajstić information content (AvgIpc) is 1.69. The Balaban J connectivity index is 0.932. The third-order valence-electron chi connectivity index (χ3n) is 19.8. The number of carbonyl (C=O) groups is 4. The molecular weight excluding hydrogens is 1120 g/mol. The molecule has 11 rings (SSSR count). The number of esters is 1. The molecule has 4 fully saturated rings. The Labute approximate surface area is 504 Å². The molecule has 22 heteroatoms. The van der Waals surface area contributed by atoms with Crippen LogP contribution in [0.15, 0.2) is 58.3 Å². The van der Waals surface area contributed by atoms with E-state index in [2.05, 4.69) is 22.2 Å². The first-order chi connectivity index (χ1) is 41.2. The fourth-order valence-electron chi connectivity index (χ4n) is 14.2. The number of aromatic hydroxyl groups is 3. The standard InChI is InChI=1S/C65H81FN6O15/c1-31-13-12-14-32(2)61(80)68-50-44(56(77)47-48(57(50)78)55(76)37(7)59-49(47)60(79)64(9,87-59)85-26-20-46(84-11)33(3)58(86-38(8)73)36(6)54(75)35(5)53(31)74)28-67-71-24-18-41(19-25-71)69(10)65(21-22-65)40-17-23-70(29-40)52-34(4)51-42(39-15-16-39)27-43(63(82)83)62(81)72(51)30-45(52)66/h12-14,20,26-28,30-31,33,35-36,39-41,46,53-54,58,74-78H,15-19,21-25,29H2,1-11H3,(H,68,80)(H,82,83)/b13-12+,26-20+,32-14-,67-28-/t31-,33+,35+,36+,40+,46-,53-,54+,58+,64-/m0/s1. The van der Waals surface area contributed by atoms with E-state index < -0.39 is 106 Å². The summed E-state index contributed by atoms with van der Waals surface area (Å²) in [6, 6.07) is 1.62. The van der Waals surface area contributed by atoms with Crippen molar-refractivity contribution in [2.75, 3.05) is 50.6 Å². The highest BCUT2D eigenvalue weighted by molar-refractivity contribution is 6.24. The summed E-state index contributed by atoms with van der Waals surface area (Å²) in [6.07, 6.45) is 11.7. The van der Waals surface area contributed by atoms with Gasteiger partial charge < -0.3 is 59.8 Å². The molecule has 5 bridgehead atoms. The summed E-state index contributed by atoms with van der Waals surface area (Å²) < 4.78 is 41.4. The molecule has 2 aromatic carbocycles. The SMILES string of the molecule is CO[C@H]1/C=C/O[C@@]2(C)Oc3c(C)c(O)c4c(O)c(c(/C=N\N5CCC(N(C)C6([C@@H]7CCN(c8c(F)cn9c(=O)c(C(=O)O)cc(C%10CC%10)c9c8C)C7)CC6)CC5)c(O)c4c3C2=O)NC(=O)/C(C)=C\C=C\[C@H](C)[C@H](O)[C@@H](C)[C@@H](O)[C@@H](C)[C@H](OC(C)=O)[C@@H]1C. The molecule has 1 amide bonds. The number of methoxy groups -OCH3 is 1. The van der Waals surface area contributed by atoms with Gasteiger partial charge in [-0.3, -0.25) is 33.5 Å². The molecule has 5 aliphatic heterocycles. The zero-order valence-electron chi connectivity index (χ0n) is 51.2. The van der Waals surface area contributed by atoms with Crippen molar-refractivity contribution in [1.29, 1.82) is 0 Å². The normalized spacial score (nSPS) is 29.6. The Morgan fingerprint density at radius 1 is 0.897 bits per heavy atom. The zero-order chi connectivity index (χ0) is 63.0. The number of aryl methyl sites for hydroxylation is 1. The van der Waals surface area contributed by atoms with Crippen LogP contribution in [0, 0.1) is 49.3 Å². The lowest BCUT2D eigenvalue weighted by atomic mass is 9.78. The topological polar surface area (TPSA) is 282 Å². The Morgan fingerprint density at radius 3 is 2.22 bits per heavy atom. The second-order valence-corrected chi connectivity index (χ2v) is 25.3. The maximum absolute atomic E-state index is 16.3. The van der Waals surface area contributed by atoms with Crippen molar-refractivity contribution in [2.45, 2.75) is 155 Å². The van der Waals surface area contributed by atoms with Crippen LogP contribution in [-0.4, -0.2) is 157 Å². The molecule has 2 aromatic heterocycles. The number of carboxylic acid groups (broad SMARTS) is 1. The highest BCUT2D eigenvalue weighted by Crippen LogP contribution is 2.56. The molecule has 0 radical (unpaired) electrons. The van der Waals surface area contributed by atoms with Gasteiger partial charge >= 0.3 is 17.7 Å². The molecule has 4 aromatic rings.